The van der Waals surface area contributed by atoms with Gasteiger partial charge in [0.05, 0.1) is 10.9 Å². The maximum Gasteiger partial charge on any atom is 0.235 e. The van der Waals surface area contributed by atoms with Crippen molar-refractivity contribution >= 4 is 17.7 Å². The van der Waals surface area contributed by atoms with Gasteiger partial charge in [0.1, 0.15) is 0 Å². The number of tetrazole rings is 1. The van der Waals surface area contributed by atoms with Gasteiger partial charge in [-0.05, 0) is 61.6 Å². The first-order valence-corrected chi connectivity index (χ1v) is 9.26. The van der Waals surface area contributed by atoms with Crippen LogP contribution in [0.4, 0.5) is 0 Å². The molecule has 128 valence electrons. The number of amides is 1. The van der Waals surface area contributed by atoms with Gasteiger partial charge in [0.2, 0.25) is 11.1 Å². The average molecular weight is 345 g/mol. The highest BCUT2D eigenvalue weighted by Crippen LogP contribution is 2.27. The molecule has 3 rings (SSSR count). The lowest BCUT2D eigenvalue weighted by Crippen LogP contribution is -2.40. The third-order valence-electron chi connectivity index (χ3n) is 4.39. The van der Waals surface area contributed by atoms with Crippen LogP contribution in [0.2, 0.25) is 0 Å². The van der Waals surface area contributed by atoms with E-state index < -0.39 is 0 Å². The molecule has 1 aliphatic heterocycles. The van der Waals surface area contributed by atoms with E-state index in [0.717, 1.165) is 42.7 Å². The van der Waals surface area contributed by atoms with E-state index in [4.69, 9.17) is 0 Å². The number of thioether (sulfide) groups is 1. The van der Waals surface area contributed by atoms with E-state index in [1.165, 1.54) is 18.2 Å². The summed E-state index contributed by atoms with van der Waals surface area (Å²) in [5, 5.41) is 12.6. The van der Waals surface area contributed by atoms with Gasteiger partial charge in [0.15, 0.2) is 0 Å². The summed E-state index contributed by atoms with van der Waals surface area (Å²) in [4.78, 5) is 14.6. The van der Waals surface area contributed by atoms with Gasteiger partial charge in [-0.2, -0.15) is 4.68 Å². The van der Waals surface area contributed by atoms with Gasteiger partial charge in [0.25, 0.3) is 0 Å². The monoisotopic (exact) mass is 345 g/mol. The molecule has 2 aromatic rings. The van der Waals surface area contributed by atoms with Crippen LogP contribution in [-0.4, -0.2) is 49.4 Å². The molecule has 1 atom stereocenters. The number of carbonyl (C=O) groups excluding carboxylic acids is 1. The molecule has 1 amide bonds. The lowest BCUT2D eigenvalue weighted by molar-refractivity contribution is -0.131. The smallest absolute Gasteiger partial charge is 0.235 e. The predicted molar refractivity (Wildman–Crippen MR) is 94.4 cm³/mol. The van der Waals surface area contributed by atoms with Gasteiger partial charge >= 0.3 is 0 Å². The lowest BCUT2D eigenvalue weighted by Gasteiger charge is -2.28. The Labute approximate surface area is 146 Å². The Bertz CT molecular complexity index is 703. The van der Waals surface area contributed by atoms with Crippen molar-refractivity contribution in [1.82, 2.24) is 25.1 Å². The van der Waals surface area contributed by atoms with E-state index in [1.54, 1.807) is 4.68 Å². The molecule has 1 aromatic carbocycles. The van der Waals surface area contributed by atoms with Crippen LogP contribution in [0.5, 0.6) is 0 Å². The molecule has 0 spiro atoms. The molecule has 1 saturated heterocycles. The van der Waals surface area contributed by atoms with Gasteiger partial charge in [-0.25, -0.2) is 0 Å². The zero-order valence-corrected chi connectivity index (χ0v) is 15.2. The van der Waals surface area contributed by atoms with Crippen LogP contribution < -0.4 is 0 Å². The Morgan fingerprint density at radius 1 is 1.17 bits per heavy atom. The molecule has 0 aliphatic carbocycles. The van der Waals surface area contributed by atoms with Crippen LogP contribution in [0.1, 0.15) is 37.3 Å². The number of aryl methyl sites for hydroxylation is 2. The number of carbonyl (C=O) groups is 1. The summed E-state index contributed by atoms with van der Waals surface area (Å²) in [6.07, 6.45) is 3.42. The van der Waals surface area contributed by atoms with Crippen molar-refractivity contribution in [2.24, 2.45) is 0 Å². The summed E-state index contributed by atoms with van der Waals surface area (Å²) >= 11 is 1.43. The Kier molecular flexibility index (Phi) is 5.18. The molecular formula is C17H23N5OS. The number of hydrogen-bond acceptors (Lipinski definition) is 5. The summed E-state index contributed by atoms with van der Waals surface area (Å²) in [5.41, 5.74) is 3.21. The van der Waals surface area contributed by atoms with Crippen molar-refractivity contribution in [2.75, 3.05) is 13.1 Å². The average Bonchev–Trinajstić information content (AvgIpc) is 3.02. The summed E-state index contributed by atoms with van der Waals surface area (Å²) in [5.74, 6) is 0.177. The molecule has 7 heteroatoms. The van der Waals surface area contributed by atoms with Gasteiger partial charge < -0.3 is 4.90 Å². The molecule has 0 unspecified atom stereocenters. The number of hydrogen-bond donors (Lipinski definition) is 0. The fraction of sp³-hybridized carbons (Fsp3) is 0.529. The second-order valence-corrected chi connectivity index (χ2v) is 7.57. The number of benzene rings is 1. The molecule has 0 N–H and O–H groups in total. The molecule has 1 aromatic heterocycles. The zero-order valence-electron chi connectivity index (χ0n) is 14.4. The topological polar surface area (TPSA) is 63.9 Å². The highest BCUT2D eigenvalue weighted by Gasteiger charge is 2.25. The summed E-state index contributed by atoms with van der Waals surface area (Å²) in [7, 11) is 0. The molecule has 24 heavy (non-hydrogen) atoms. The van der Waals surface area contributed by atoms with Gasteiger partial charge in [-0.3, -0.25) is 4.79 Å². The number of para-hydroxylation sites is 1. The van der Waals surface area contributed by atoms with Crippen molar-refractivity contribution in [1.29, 1.82) is 0 Å². The van der Waals surface area contributed by atoms with Crippen LogP contribution >= 0.6 is 11.8 Å². The molecular weight excluding hydrogens is 322 g/mol. The number of likely N-dealkylation sites (tertiary alicyclic amines) is 1. The number of piperidine rings is 1. The minimum Gasteiger partial charge on any atom is -0.342 e. The molecule has 0 bridgehead atoms. The van der Waals surface area contributed by atoms with E-state index in [2.05, 4.69) is 15.5 Å². The van der Waals surface area contributed by atoms with Crippen molar-refractivity contribution in [3.05, 3.63) is 29.3 Å². The highest BCUT2D eigenvalue weighted by atomic mass is 32.2. The summed E-state index contributed by atoms with van der Waals surface area (Å²) < 4.78 is 1.75. The maximum absolute atomic E-state index is 12.6. The van der Waals surface area contributed by atoms with Crippen molar-refractivity contribution in [3.8, 4) is 5.69 Å². The van der Waals surface area contributed by atoms with Gasteiger partial charge in [-0.15, -0.1) is 5.10 Å². The van der Waals surface area contributed by atoms with Crippen molar-refractivity contribution in [3.63, 3.8) is 0 Å². The Balaban J connectivity index is 1.79. The molecule has 1 aliphatic rings. The van der Waals surface area contributed by atoms with Crippen LogP contribution in [0.3, 0.4) is 0 Å². The summed E-state index contributed by atoms with van der Waals surface area (Å²) in [6.45, 7) is 7.75. The van der Waals surface area contributed by atoms with Crippen LogP contribution in [0.15, 0.2) is 23.4 Å². The van der Waals surface area contributed by atoms with E-state index in [9.17, 15) is 4.79 Å². The SMILES string of the molecule is Cc1cccc(C)c1-n1nnnc1S[C@@H](C)C(=O)N1CCCCC1. The largest absolute Gasteiger partial charge is 0.342 e. The third kappa shape index (κ3) is 3.45. The van der Waals surface area contributed by atoms with E-state index in [-0.39, 0.29) is 11.2 Å². The maximum atomic E-state index is 12.6. The fourth-order valence-electron chi connectivity index (χ4n) is 3.11. The first-order valence-electron chi connectivity index (χ1n) is 8.38. The third-order valence-corrected chi connectivity index (χ3v) is 5.41. The molecule has 2 heterocycles. The first-order chi connectivity index (χ1) is 11.6. The first kappa shape index (κ1) is 17.0. The number of rotatable bonds is 4. The second-order valence-electron chi connectivity index (χ2n) is 6.26. The van der Waals surface area contributed by atoms with Crippen LogP contribution in [-0.2, 0) is 4.79 Å². The summed E-state index contributed by atoms with van der Waals surface area (Å²) in [6, 6.07) is 6.11. The minimum atomic E-state index is -0.197. The van der Waals surface area contributed by atoms with E-state index in [0.29, 0.717) is 5.16 Å². The van der Waals surface area contributed by atoms with E-state index >= 15 is 0 Å². The second kappa shape index (κ2) is 7.34. The quantitative estimate of drug-likeness (QED) is 0.797. The number of aromatic nitrogens is 4. The molecule has 0 radical (unpaired) electrons. The zero-order chi connectivity index (χ0) is 17.1. The fourth-order valence-corrected chi connectivity index (χ4v) is 3.99. The highest BCUT2D eigenvalue weighted by molar-refractivity contribution is 8.00. The minimum absolute atomic E-state index is 0.177. The van der Waals surface area contributed by atoms with Gasteiger partial charge in [-0.1, -0.05) is 30.0 Å². The lowest BCUT2D eigenvalue weighted by atomic mass is 10.1. The Morgan fingerprint density at radius 3 is 2.50 bits per heavy atom. The molecule has 6 nitrogen and oxygen atoms in total. The number of nitrogens with zero attached hydrogens (tertiary/aromatic N) is 5. The predicted octanol–water partition coefficient (Wildman–Crippen LogP) is 2.77. The normalized spacial score (nSPS) is 16.2. The van der Waals surface area contributed by atoms with Crippen molar-refractivity contribution in [2.45, 2.75) is 50.4 Å². The molecule has 0 saturated carbocycles. The van der Waals surface area contributed by atoms with E-state index in [1.807, 2.05) is 43.9 Å². The van der Waals surface area contributed by atoms with Gasteiger partial charge in [0, 0.05) is 13.1 Å². The Hall–Kier alpha value is -1.89. The standard InChI is InChI=1S/C17H23N5OS/c1-12-8-7-9-13(2)15(12)22-17(18-19-20-22)24-14(3)16(23)21-10-5-4-6-11-21/h7-9,14H,4-6,10-11H2,1-3H3/t14-/m0/s1. The molecule has 1 fully saturated rings. The van der Waals surface area contributed by atoms with Crippen LogP contribution in [0.25, 0.3) is 5.69 Å². The van der Waals surface area contributed by atoms with Crippen LogP contribution in [0, 0.1) is 13.8 Å². The Morgan fingerprint density at radius 2 is 1.83 bits per heavy atom. The van der Waals surface area contributed by atoms with Crippen molar-refractivity contribution < 1.29 is 4.79 Å².